The molecule has 0 aromatic heterocycles. The van der Waals surface area contributed by atoms with E-state index in [0.29, 0.717) is 6.04 Å². The third-order valence-electron chi connectivity index (χ3n) is 6.14. The van der Waals surface area contributed by atoms with Gasteiger partial charge in [0.1, 0.15) is 0 Å². The summed E-state index contributed by atoms with van der Waals surface area (Å²) in [5, 5.41) is 3.86. The zero-order valence-corrected chi connectivity index (χ0v) is 14.9. The van der Waals surface area contributed by atoms with Crippen molar-refractivity contribution in [2.24, 2.45) is 17.8 Å². The molecule has 1 heterocycles. The van der Waals surface area contributed by atoms with Crippen molar-refractivity contribution >= 4 is 0 Å². The van der Waals surface area contributed by atoms with Crippen LogP contribution in [-0.4, -0.2) is 36.6 Å². The molecule has 2 rings (SSSR count). The highest BCUT2D eigenvalue weighted by atomic mass is 15.2. The molecule has 21 heavy (non-hydrogen) atoms. The second kappa shape index (κ2) is 8.53. The van der Waals surface area contributed by atoms with Crippen molar-refractivity contribution in [1.82, 2.24) is 10.2 Å². The second-order valence-corrected chi connectivity index (χ2v) is 7.86. The normalized spacial score (nSPS) is 29.4. The van der Waals surface area contributed by atoms with Gasteiger partial charge in [0.25, 0.3) is 0 Å². The lowest BCUT2D eigenvalue weighted by Gasteiger charge is -2.47. The molecule has 124 valence electrons. The van der Waals surface area contributed by atoms with E-state index in [2.05, 4.69) is 37.9 Å². The molecule has 0 spiro atoms. The smallest absolute Gasteiger partial charge is 0.0249 e. The predicted molar refractivity (Wildman–Crippen MR) is 92.6 cm³/mol. The summed E-state index contributed by atoms with van der Waals surface area (Å²) in [6.45, 7) is 13.3. The van der Waals surface area contributed by atoms with Gasteiger partial charge in [0.05, 0.1) is 0 Å². The Morgan fingerprint density at radius 1 is 1.05 bits per heavy atom. The molecule has 0 amide bonds. The fourth-order valence-corrected chi connectivity index (χ4v) is 4.37. The number of nitrogens with one attached hydrogen (secondary N) is 1. The maximum Gasteiger partial charge on any atom is 0.0249 e. The van der Waals surface area contributed by atoms with Crippen LogP contribution in [0.1, 0.15) is 72.6 Å². The summed E-state index contributed by atoms with van der Waals surface area (Å²) >= 11 is 0. The van der Waals surface area contributed by atoms with Gasteiger partial charge in [0.15, 0.2) is 0 Å². The standard InChI is InChI=1S/C19H38N2/c1-5-16(6-2)13-21-14-18(15(3)4)20-12-19(21)17-10-8-7-9-11-17/h15-20H,5-14H2,1-4H3. The van der Waals surface area contributed by atoms with Crippen LogP contribution in [0.2, 0.25) is 0 Å². The van der Waals surface area contributed by atoms with E-state index in [1.807, 2.05) is 0 Å². The minimum atomic E-state index is 0.694. The average molecular weight is 295 g/mol. The van der Waals surface area contributed by atoms with Crippen LogP contribution in [0.4, 0.5) is 0 Å². The van der Waals surface area contributed by atoms with Gasteiger partial charge in [0.2, 0.25) is 0 Å². The number of hydrogen-bond acceptors (Lipinski definition) is 2. The number of rotatable bonds is 6. The van der Waals surface area contributed by atoms with Crippen molar-refractivity contribution in [2.75, 3.05) is 19.6 Å². The van der Waals surface area contributed by atoms with Gasteiger partial charge in [-0.2, -0.15) is 0 Å². The van der Waals surface area contributed by atoms with Crippen LogP contribution in [0.5, 0.6) is 0 Å². The molecule has 1 saturated carbocycles. The van der Waals surface area contributed by atoms with E-state index in [9.17, 15) is 0 Å². The topological polar surface area (TPSA) is 15.3 Å². The quantitative estimate of drug-likeness (QED) is 0.785. The van der Waals surface area contributed by atoms with Crippen molar-refractivity contribution < 1.29 is 0 Å². The summed E-state index contributed by atoms with van der Waals surface area (Å²) in [6.07, 6.45) is 10.0. The molecule has 1 saturated heterocycles. The van der Waals surface area contributed by atoms with Gasteiger partial charge < -0.3 is 5.32 Å². The lowest BCUT2D eigenvalue weighted by Crippen LogP contribution is -2.61. The summed E-state index contributed by atoms with van der Waals surface area (Å²) in [5.74, 6) is 2.59. The monoisotopic (exact) mass is 294 g/mol. The first-order chi connectivity index (χ1) is 10.2. The molecule has 2 heteroatoms. The molecule has 2 unspecified atom stereocenters. The first kappa shape index (κ1) is 17.3. The van der Waals surface area contributed by atoms with Crippen molar-refractivity contribution in [3.8, 4) is 0 Å². The van der Waals surface area contributed by atoms with E-state index >= 15 is 0 Å². The van der Waals surface area contributed by atoms with Crippen LogP contribution in [0.3, 0.4) is 0 Å². The van der Waals surface area contributed by atoms with E-state index in [4.69, 9.17) is 0 Å². The molecule has 2 fully saturated rings. The fourth-order valence-electron chi connectivity index (χ4n) is 4.37. The van der Waals surface area contributed by atoms with Crippen molar-refractivity contribution in [1.29, 1.82) is 0 Å². The van der Waals surface area contributed by atoms with E-state index in [0.717, 1.165) is 23.8 Å². The zero-order chi connectivity index (χ0) is 15.2. The Morgan fingerprint density at radius 3 is 2.29 bits per heavy atom. The largest absolute Gasteiger partial charge is 0.311 e. The molecule has 0 aromatic carbocycles. The van der Waals surface area contributed by atoms with E-state index < -0.39 is 0 Å². The average Bonchev–Trinajstić information content (AvgIpc) is 2.53. The van der Waals surface area contributed by atoms with Crippen LogP contribution in [-0.2, 0) is 0 Å². The molecule has 1 N–H and O–H groups in total. The molecular formula is C19H38N2. The third kappa shape index (κ3) is 4.69. The van der Waals surface area contributed by atoms with Crippen LogP contribution in [0, 0.1) is 17.8 Å². The van der Waals surface area contributed by atoms with E-state index in [1.54, 1.807) is 0 Å². The highest BCUT2D eigenvalue weighted by Gasteiger charge is 2.35. The van der Waals surface area contributed by atoms with Crippen LogP contribution in [0.25, 0.3) is 0 Å². The van der Waals surface area contributed by atoms with Gasteiger partial charge in [-0.1, -0.05) is 59.8 Å². The lowest BCUT2D eigenvalue weighted by atomic mass is 9.81. The molecule has 0 radical (unpaired) electrons. The van der Waals surface area contributed by atoms with Gasteiger partial charge in [-0.15, -0.1) is 0 Å². The predicted octanol–water partition coefficient (Wildman–Crippen LogP) is 4.30. The van der Waals surface area contributed by atoms with Crippen molar-refractivity contribution in [2.45, 2.75) is 84.7 Å². The Labute approximate surface area is 133 Å². The molecule has 2 atom stereocenters. The first-order valence-corrected chi connectivity index (χ1v) is 9.63. The van der Waals surface area contributed by atoms with Gasteiger partial charge in [-0.25, -0.2) is 0 Å². The maximum absolute atomic E-state index is 3.86. The highest BCUT2D eigenvalue weighted by molar-refractivity contribution is 4.92. The van der Waals surface area contributed by atoms with E-state index in [-0.39, 0.29) is 0 Å². The van der Waals surface area contributed by atoms with Crippen molar-refractivity contribution in [3.63, 3.8) is 0 Å². The van der Waals surface area contributed by atoms with Crippen molar-refractivity contribution in [3.05, 3.63) is 0 Å². The summed E-state index contributed by atoms with van der Waals surface area (Å²) in [5.41, 5.74) is 0. The molecule has 2 nitrogen and oxygen atoms in total. The molecule has 2 aliphatic rings. The van der Waals surface area contributed by atoms with Gasteiger partial charge in [0, 0.05) is 31.7 Å². The van der Waals surface area contributed by atoms with Crippen LogP contribution in [0.15, 0.2) is 0 Å². The zero-order valence-electron chi connectivity index (χ0n) is 14.9. The minimum absolute atomic E-state index is 0.694. The van der Waals surface area contributed by atoms with Gasteiger partial charge >= 0.3 is 0 Å². The fraction of sp³-hybridized carbons (Fsp3) is 1.00. The summed E-state index contributed by atoms with van der Waals surface area (Å²) in [7, 11) is 0. The summed E-state index contributed by atoms with van der Waals surface area (Å²) in [6, 6.07) is 1.50. The molecule has 0 aromatic rings. The highest BCUT2D eigenvalue weighted by Crippen LogP contribution is 2.31. The molecule has 1 aliphatic carbocycles. The Morgan fingerprint density at radius 2 is 1.71 bits per heavy atom. The number of nitrogens with zero attached hydrogens (tertiary/aromatic N) is 1. The minimum Gasteiger partial charge on any atom is -0.311 e. The Balaban J connectivity index is 2.01. The Kier molecular flexibility index (Phi) is 7.01. The Bertz CT molecular complexity index is 277. The van der Waals surface area contributed by atoms with Crippen LogP contribution < -0.4 is 5.32 Å². The molecular weight excluding hydrogens is 256 g/mol. The molecule has 1 aliphatic heterocycles. The first-order valence-electron chi connectivity index (χ1n) is 9.63. The number of piperazine rings is 1. The number of hydrogen-bond donors (Lipinski definition) is 1. The maximum atomic E-state index is 3.86. The van der Waals surface area contributed by atoms with Crippen LogP contribution >= 0.6 is 0 Å². The van der Waals surface area contributed by atoms with Gasteiger partial charge in [-0.05, 0) is 30.6 Å². The second-order valence-electron chi connectivity index (χ2n) is 7.86. The Hall–Kier alpha value is -0.0800. The SMILES string of the molecule is CCC(CC)CN1CC(C(C)C)NCC1C1CCCCC1. The lowest BCUT2D eigenvalue weighted by molar-refractivity contribution is 0.0476. The molecule has 0 bridgehead atoms. The summed E-state index contributed by atoms with van der Waals surface area (Å²) < 4.78 is 0. The van der Waals surface area contributed by atoms with E-state index in [1.165, 1.54) is 64.6 Å². The summed E-state index contributed by atoms with van der Waals surface area (Å²) in [4.78, 5) is 2.88. The third-order valence-corrected chi connectivity index (χ3v) is 6.14. The van der Waals surface area contributed by atoms with Gasteiger partial charge in [-0.3, -0.25) is 4.90 Å².